The van der Waals surface area contributed by atoms with Gasteiger partial charge in [-0.05, 0) is 25.3 Å². The van der Waals surface area contributed by atoms with E-state index in [2.05, 4.69) is 19.2 Å². The first-order chi connectivity index (χ1) is 5.11. The van der Waals surface area contributed by atoms with Crippen LogP contribution in [0.2, 0.25) is 0 Å². The number of hydrogen-bond donors (Lipinski definition) is 2. The summed E-state index contributed by atoms with van der Waals surface area (Å²) in [7, 11) is 0. The van der Waals surface area contributed by atoms with Gasteiger partial charge in [-0.15, -0.1) is 11.3 Å². The number of fused-ring (bicyclic) bond motifs is 1. The van der Waals surface area contributed by atoms with Crippen LogP contribution >= 0.6 is 11.3 Å². The molecule has 60 valence electrons. The fraction of sp³-hybridized carbons (Fsp3) is 0.500. The molecule has 0 aromatic carbocycles. The molecule has 2 N–H and O–H groups in total. The van der Waals surface area contributed by atoms with E-state index in [4.69, 9.17) is 0 Å². The zero-order valence-corrected chi connectivity index (χ0v) is 7.40. The molecule has 0 spiro atoms. The predicted molar refractivity (Wildman–Crippen MR) is 45.4 cm³/mol. The quantitative estimate of drug-likeness (QED) is 0.618. The van der Waals surface area contributed by atoms with Crippen LogP contribution in [-0.4, -0.2) is 5.11 Å². The molecule has 0 bridgehead atoms. The maximum atomic E-state index is 9.50. The zero-order chi connectivity index (χ0) is 8.06. The highest BCUT2D eigenvalue weighted by Crippen LogP contribution is 2.39. The van der Waals surface area contributed by atoms with Crippen LogP contribution < -0.4 is 5.32 Å². The monoisotopic (exact) mass is 169 g/mol. The zero-order valence-electron chi connectivity index (χ0n) is 6.59. The number of nitrogens with one attached hydrogen (secondary N) is 1. The number of thiophene rings is 1. The van der Waals surface area contributed by atoms with Crippen molar-refractivity contribution in [2.24, 2.45) is 0 Å². The fourth-order valence-electron chi connectivity index (χ4n) is 1.53. The van der Waals surface area contributed by atoms with E-state index in [9.17, 15) is 5.11 Å². The summed E-state index contributed by atoms with van der Waals surface area (Å²) in [6, 6.07) is 1.98. The summed E-state index contributed by atoms with van der Waals surface area (Å²) in [6.07, 6.45) is -0.466. The van der Waals surface area contributed by atoms with E-state index < -0.39 is 6.23 Å². The summed E-state index contributed by atoms with van der Waals surface area (Å²) in [5.74, 6) is 0. The summed E-state index contributed by atoms with van der Waals surface area (Å²) in [5.41, 5.74) is 0.989. The normalized spacial score (nSPS) is 27.0. The lowest BCUT2D eigenvalue weighted by Crippen LogP contribution is -2.31. The minimum atomic E-state index is -0.466. The molecule has 0 amide bonds. The van der Waals surface area contributed by atoms with Crippen molar-refractivity contribution in [3.8, 4) is 0 Å². The van der Waals surface area contributed by atoms with Gasteiger partial charge in [-0.25, -0.2) is 0 Å². The second-order valence-electron chi connectivity index (χ2n) is 3.38. The van der Waals surface area contributed by atoms with Gasteiger partial charge in [0.15, 0.2) is 0 Å². The van der Waals surface area contributed by atoms with Gasteiger partial charge in [-0.2, -0.15) is 0 Å². The molecule has 1 aliphatic rings. The van der Waals surface area contributed by atoms with Crippen molar-refractivity contribution in [2.75, 3.05) is 0 Å². The molecular weight excluding hydrogens is 158 g/mol. The highest BCUT2D eigenvalue weighted by atomic mass is 32.1. The SMILES string of the molecule is CC1(C)NC(O)c2ccsc21. The van der Waals surface area contributed by atoms with Gasteiger partial charge in [-0.3, -0.25) is 5.32 Å². The van der Waals surface area contributed by atoms with Gasteiger partial charge >= 0.3 is 0 Å². The Hall–Kier alpha value is -0.380. The molecule has 2 nitrogen and oxygen atoms in total. The molecule has 1 aromatic rings. The molecule has 2 rings (SSSR count). The molecule has 1 aromatic heterocycles. The first-order valence-electron chi connectivity index (χ1n) is 3.65. The van der Waals surface area contributed by atoms with E-state index in [1.807, 2.05) is 11.4 Å². The maximum Gasteiger partial charge on any atom is 0.132 e. The molecule has 1 atom stereocenters. The van der Waals surface area contributed by atoms with Crippen LogP contribution in [0.25, 0.3) is 0 Å². The smallest absolute Gasteiger partial charge is 0.132 e. The minimum Gasteiger partial charge on any atom is -0.374 e. The van der Waals surface area contributed by atoms with Crippen LogP contribution in [0, 0.1) is 0 Å². The molecule has 11 heavy (non-hydrogen) atoms. The largest absolute Gasteiger partial charge is 0.374 e. The number of aliphatic hydroxyl groups is 1. The third kappa shape index (κ3) is 0.922. The van der Waals surface area contributed by atoms with Gasteiger partial charge < -0.3 is 5.11 Å². The molecule has 3 heteroatoms. The van der Waals surface area contributed by atoms with E-state index >= 15 is 0 Å². The standard InChI is InChI=1S/C8H11NOS/c1-8(2)6-5(3-4-11-6)7(10)9-8/h3-4,7,9-10H,1-2H3. The molecule has 0 saturated carbocycles. The van der Waals surface area contributed by atoms with Crippen molar-refractivity contribution in [1.29, 1.82) is 0 Å². The Morgan fingerprint density at radius 2 is 2.36 bits per heavy atom. The lowest BCUT2D eigenvalue weighted by Gasteiger charge is -2.18. The molecule has 0 radical (unpaired) electrons. The molecule has 0 saturated heterocycles. The second-order valence-corrected chi connectivity index (χ2v) is 4.29. The topological polar surface area (TPSA) is 32.3 Å². The van der Waals surface area contributed by atoms with Crippen LogP contribution in [0.1, 0.15) is 30.5 Å². The summed E-state index contributed by atoms with van der Waals surface area (Å²) in [4.78, 5) is 1.25. The average Bonchev–Trinajstić information content (AvgIpc) is 2.37. The predicted octanol–water partition coefficient (Wildman–Crippen LogP) is 1.58. The second kappa shape index (κ2) is 2.06. The van der Waals surface area contributed by atoms with Crippen molar-refractivity contribution in [1.82, 2.24) is 5.32 Å². The Bertz CT molecular complexity index is 279. The Balaban J connectivity index is 2.54. The summed E-state index contributed by atoms with van der Waals surface area (Å²) < 4.78 is 0. The van der Waals surface area contributed by atoms with Crippen molar-refractivity contribution in [3.05, 3.63) is 21.9 Å². The van der Waals surface area contributed by atoms with E-state index in [0.29, 0.717) is 0 Å². The van der Waals surface area contributed by atoms with Crippen LogP contribution in [0.5, 0.6) is 0 Å². The Morgan fingerprint density at radius 3 is 3.00 bits per heavy atom. The number of rotatable bonds is 0. The van der Waals surface area contributed by atoms with E-state index in [1.54, 1.807) is 11.3 Å². The number of hydrogen-bond acceptors (Lipinski definition) is 3. The van der Waals surface area contributed by atoms with Crippen LogP contribution in [-0.2, 0) is 5.54 Å². The lowest BCUT2D eigenvalue weighted by atomic mass is 10.1. The van der Waals surface area contributed by atoms with Crippen molar-refractivity contribution in [2.45, 2.75) is 25.6 Å². The summed E-state index contributed by atoms with van der Waals surface area (Å²) in [5, 5.41) is 14.6. The van der Waals surface area contributed by atoms with Crippen LogP contribution in [0.15, 0.2) is 11.4 Å². The average molecular weight is 169 g/mol. The molecule has 0 aliphatic carbocycles. The molecular formula is C8H11NOS. The fourth-order valence-corrected chi connectivity index (χ4v) is 2.55. The van der Waals surface area contributed by atoms with Crippen LogP contribution in [0.3, 0.4) is 0 Å². The third-order valence-corrected chi connectivity index (χ3v) is 3.31. The first-order valence-corrected chi connectivity index (χ1v) is 4.53. The Morgan fingerprint density at radius 1 is 1.64 bits per heavy atom. The molecule has 1 aliphatic heterocycles. The van der Waals surface area contributed by atoms with E-state index in [0.717, 1.165) is 5.56 Å². The maximum absolute atomic E-state index is 9.50. The minimum absolute atomic E-state index is 0.0527. The van der Waals surface area contributed by atoms with Crippen molar-refractivity contribution < 1.29 is 5.11 Å². The van der Waals surface area contributed by atoms with Crippen molar-refractivity contribution >= 4 is 11.3 Å². The van der Waals surface area contributed by atoms with Gasteiger partial charge in [0, 0.05) is 16.0 Å². The van der Waals surface area contributed by atoms with Gasteiger partial charge in [0.05, 0.1) is 0 Å². The highest BCUT2D eigenvalue weighted by molar-refractivity contribution is 7.10. The highest BCUT2D eigenvalue weighted by Gasteiger charge is 2.35. The Kier molecular flexibility index (Phi) is 1.36. The van der Waals surface area contributed by atoms with E-state index in [-0.39, 0.29) is 5.54 Å². The van der Waals surface area contributed by atoms with E-state index in [1.165, 1.54) is 4.88 Å². The molecule has 2 heterocycles. The summed E-state index contributed by atoms with van der Waals surface area (Å²) in [6.45, 7) is 4.16. The summed E-state index contributed by atoms with van der Waals surface area (Å²) >= 11 is 1.70. The van der Waals surface area contributed by atoms with Gasteiger partial charge in [0.1, 0.15) is 6.23 Å². The first kappa shape index (κ1) is 7.28. The molecule has 1 unspecified atom stereocenters. The van der Waals surface area contributed by atoms with Gasteiger partial charge in [-0.1, -0.05) is 0 Å². The Labute approximate surface area is 69.9 Å². The van der Waals surface area contributed by atoms with Gasteiger partial charge in [0.25, 0.3) is 0 Å². The third-order valence-electron chi connectivity index (χ3n) is 2.06. The van der Waals surface area contributed by atoms with Crippen molar-refractivity contribution in [3.63, 3.8) is 0 Å². The van der Waals surface area contributed by atoms with Crippen LogP contribution in [0.4, 0.5) is 0 Å². The number of aliphatic hydroxyl groups excluding tert-OH is 1. The van der Waals surface area contributed by atoms with Gasteiger partial charge in [0.2, 0.25) is 0 Å². The molecule has 0 fully saturated rings. The lowest BCUT2D eigenvalue weighted by molar-refractivity contribution is 0.125.